The van der Waals surface area contributed by atoms with Gasteiger partial charge in [-0.15, -0.1) is 0 Å². The first-order valence-electron chi connectivity index (χ1n) is 7.56. The number of pyridine rings is 1. The largest absolute Gasteiger partial charge is 0.338 e. The summed E-state index contributed by atoms with van der Waals surface area (Å²) in [5, 5.41) is 5.57. The van der Waals surface area contributed by atoms with Gasteiger partial charge in [0.2, 0.25) is 0 Å². The number of nitrogens with one attached hydrogen (secondary N) is 2. The van der Waals surface area contributed by atoms with Crippen molar-refractivity contribution in [3.63, 3.8) is 0 Å². The summed E-state index contributed by atoms with van der Waals surface area (Å²) in [6.45, 7) is 2.50. The van der Waals surface area contributed by atoms with E-state index in [2.05, 4.69) is 20.0 Å². The molecule has 1 heterocycles. The summed E-state index contributed by atoms with van der Waals surface area (Å²) in [5.41, 5.74) is 3.29. The normalized spacial score (nSPS) is 11.0. The number of nitrogens with zero attached hydrogens (tertiary/aromatic N) is 2. The molecule has 0 aliphatic rings. The average molecular weight is 346 g/mol. The molecule has 0 saturated carbocycles. The highest BCUT2D eigenvalue weighted by atomic mass is 32.2. The van der Waals surface area contributed by atoms with Crippen molar-refractivity contribution < 1.29 is 9.00 Å². The number of anilines is 1. The third kappa shape index (κ3) is 5.66. The average Bonchev–Trinajstić information content (AvgIpc) is 2.50. The molecule has 24 heavy (non-hydrogen) atoms. The first-order valence-corrected chi connectivity index (χ1v) is 9.89. The zero-order valence-electron chi connectivity index (χ0n) is 14.1. The van der Waals surface area contributed by atoms with E-state index >= 15 is 0 Å². The highest BCUT2D eigenvalue weighted by Crippen LogP contribution is 2.25. The highest BCUT2D eigenvalue weighted by Gasteiger charge is 2.07. The molecule has 0 atom stereocenters. The molecule has 0 bridgehead atoms. The molecule has 0 unspecified atom stereocenters. The van der Waals surface area contributed by atoms with Crippen LogP contribution in [0.2, 0.25) is 0 Å². The molecule has 2 N–H and O–H groups in total. The van der Waals surface area contributed by atoms with E-state index in [1.54, 1.807) is 49.2 Å². The van der Waals surface area contributed by atoms with Gasteiger partial charge in [0.15, 0.2) is 0 Å². The van der Waals surface area contributed by atoms with E-state index < -0.39 is 9.73 Å². The van der Waals surface area contributed by atoms with Gasteiger partial charge >= 0.3 is 6.03 Å². The van der Waals surface area contributed by atoms with Gasteiger partial charge < -0.3 is 10.6 Å². The van der Waals surface area contributed by atoms with Gasteiger partial charge in [0.1, 0.15) is 0 Å². The van der Waals surface area contributed by atoms with Crippen LogP contribution in [0.4, 0.5) is 16.2 Å². The first-order chi connectivity index (χ1) is 11.3. The van der Waals surface area contributed by atoms with Gasteiger partial charge in [-0.25, -0.2) is 9.00 Å². The maximum atomic E-state index is 12.1. The standard InChI is InChI=1S/C17H22N4O2S/c1-13-12-18-10-8-14(13)9-11-19-17(22)20-15-6-4-5-7-16(15)21-24(2,3)23/h4-8,10,12H,9,11H2,1-3H3,(H2,19,20,22). The van der Waals surface area contributed by atoms with Crippen LogP contribution in [-0.2, 0) is 16.1 Å². The van der Waals surface area contributed by atoms with Crippen LogP contribution in [0.15, 0.2) is 47.1 Å². The molecular weight excluding hydrogens is 324 g/mol. The molecule has 0 aliphatic heterocycles. The Balaban J connectivity index is 1.96. The van der Waals surface area contributed by atoms with Crippen molar-refractivity contribution in [3.8, 4) is 0 Å². The molecule has 0 radical (unpaired) electrons. The molecule has 1 aromatic carbocycles. The Morgan fingerprint density at radius 1 is 1.25 bits per heavy atom. The summed E-state index contributed by atoms with van der Waals surface area (Å²) in [6, 6.07) is 8.67. The molecule has 6 nitrogen and oxygen atoms in total. The number of hydrogen-bond acceptors (Lipinski definition) is 4. The van der Waals surface area contributed by atoms with Crippen molar-refractivity contribution in [2.24, 2.45) is 4.36 Å². The SMILES string of the molecule is Cc1cnccc1CCNC(=O)Nc1ccccc1N=S(C)(C)=O. The lowest BCUT2D eigenvalue weighted by Crippen LogP contribution is -2.30. The lowest BCUT2D eigenvalue weighted by atomic mass is 10.1. The van der Waals surface area contributed by atoms with Gasteiger partial charge in [0.25, 0.3) is 0 Å². The number of carbonyl (C=O) groups excluding carboxylic acids is 1. The monoisotopic (exact) mass is 346 g/mol. The smallest absolute Gasteiger partial charge is 0.319 e. The summed E-state index contributed by atoms with van der Waals surface area (Å²) in [4.78, 5) is 16.1. The zero-order valence-corrected chi connectivity index (χ0v) is 14.9. The summed E-state index contributed by atoms with van der Waals surface area (Å²) >= 11 is 0. The van der Waals surface area contributed by atoms with E-state index in [0.29, 0.717) is 17.9 Å². The molecule has 128 valence electrons. The second kappa shape index (κ2) is 7.92. The Kier molecular flexibility index (Phi) is 5.92. The number of amides is 2. The summed E-state index contributed by atoms with van der Waals surface area (Å²) in [5.74, 6) is 0. The van der Waals surface area contributed by atoms with Crippen LogP contribution in [0.25, 0.3) is 0 Å². The van der Waals surface area contributed by atoms with Crippen LogP contribution in [0.3, 0.4) is 0 Å². The van der Waals surface area contributed by atoms with E-state index in [1.807, 2.05) is 13.0 Å². The summed E-state index contributed by atoms with van der Waals surface area (Å²) in [6.07, 6.45) is 7.39. The lowest BCUT2D eigenvalue weighted by Gasteiger charge is -2.10. The number of aryl methyl sites for hydroxylation is 1. The maximum absolute atomic E-state index is 12.1. The number of carbonyl (C=O) groups is 1. The number of aromatic nitrogens is 1. The number of urea groups is 1. The molecular formula is C17H22N4O2S. The van der Waals surface area contributed by atoms with E-state index in [1.165, 1.54) is 0 Å². The Morgan fingerprint density at radius 3 is 2.71 bits per heavy atom. The number of hydrogen-bond donors (Lipinski definition) is 2. The van der Waals surface area contributed by atoms with Crippen molar-refractivity contribution in [1.82, 2.24) is 10.3 Å². The fourth-order valence-corrected chi connectivity index (χ4v) is 2.79. The Hall–Kier alpha value is -2.41. The number of rotatable bonds is 5. The van der Waals surface area contributed by atoms with Crippen molar-refractivity contribution in [2.75, 3.05) is 24.4 Å². The van der Waals surface area contributed by atoms with Gasteiger partial charge in [-0.3, -0.25) is 4.98 Å². The fraction of sp³-hybridized carbons (Fsp3) is 0.294. The Bertz CT molecular complexity index is 834. The maximum Gasteiger partial charge on any atom is 0.319 e. The van der Waals surface area contributed by atoms with E-state index in [9.17, 15) is 9.00 Å². The molecule has 2 amide bonds. The van der Waals surface area contributed by atoms with Gasteiger partial charge in [-0.05, 0) is 42.7 Å². The van der Waals surface area contributed by atoms with E-state index in [-0.39, 0.29) is 6.03 Å². The van der Waals surface area contributed by atoms with Gasteiger partial charge in [0, 0.05) is 41.2 Å². The van der Waals surface area contributed by atoms with Crippen LogP contribution in [0.1, 0.15) is 11.1 Å². The molecule has 0 aliphatic carbocycles. The molecule has 0 saturated heterocycles. The third-order valence-corrected chi connectivity index (χ3v) is 3.92. The van der Waals surface area contributed by atoms with E-state index in [4.69, 9.17) is 0 Å². The van der Waals surface area contributed by atoms with Crippen molar-refractivity contribution in [3.05, 3.63) is 53.9 Å². The predicted octanol–water partition coefficient (Wildman–Crippen LogP) is 3.11. The van der Waals surface area contributed by atoms with Crippen molar-refractivity contribution >= 4 is 27.1 Å². The van der Waals surface area contributed by atoms with Crippen LogP contribution < -0.4 is 10.6 Å². The third-order valence-electron chi connectivity index (χ3n) is 3.29. The lowest BCUT2D eigenvalue weighted by molar-refractivity contribution is 0.252. The molecule has 0 fully saturated rings. The minimum absolute atomic E-state index is 0.317. The van der Waals surface area contributed by atoms with Crippen LogP contribution >= 0.6 is 0 Å². The predicted molar refractivity (Wildman–Crippen MR) is 98.2 cm³/mol. The molecule has 7 heteroatoms. The Morgan fingerprint density at radius 2 is 2.00 bits per heavy atom. The molecule has 2 aromatic rings. The van der Waals surface area contributed by atoms with Crippen LogP contribution in [-0.4, -0.2) is 34.3 Å². The number of para-hydroxylation sites is 1. The molecule has 1 aromatic heterocycles. The van der Waals surface area contributed by atoms with Crippen molar-refractivity contribution in [1.29, 1.82) is 0 Å². The summed E-state index contributed by atoms with van der Waals surface area (Å²) in [7, 11) is -2.30. The second-order valence-corrected chi connectivity index (χ2v) is 8.27. The quantitative estimate of drug-likeness (QED) is 0.872. The zero-order chi connectivity index (χ0) is 17.6. The minimum atomic E-state index is -2.30. The van der Waals surface area contributed by atoms with Gasteiger partial charge in [-0.1, -0.05) is 12.1 Å². The highest BCUT2D eigenvalue weighted by molar-refractivity contribution is 7.92. The van der Waals surface area contributed by atoms with Crippen LogP contribution in [0, 0.1) is 6.92 Å². The minimum Gasteiger partial charge on any atom is -0.338 e. The van der Waals surface area contributed by atoms with Crippen LogP contribution in [0.5, 0.6) is 0 Å². The van der Waals surface area contributed by atoms with E-state index in [0.717, 1.165) is 17.5 Å². The number of benzene rings is 1. The van der Waals surface area contributed by atoms with Gasteiger partial charge in [-0.2, -0.15) is 4.36 Å². The molecule has 0 spiro atoms. The fourth-order valence-electron chi connectivity index (χ4n) is 2.16. The topological polar surface area (TPSA) is 83.4 Å². The first kappa shape index (κ1) is 17.9. The van der Waals surface area contributed by atoms with Crippen molar-refractivity contribution in [2.45, 2.75) is 13.3 Å². The van der Waals surface area contributed by atoms with Gasteiger partial charge in [0.05, 0.1) is 11.4 Å². The summed E-state index contributed by atoms with van der Waals surface area (Å²) < 4.78 is 16.0. The second-order valence-electron chi connectivity index (χ2n) is 5.72. The Labute approximate surface area is 142 Å². The molecule has 2 rings (SSSR count).